The van der Waals surface area contributed by atoms with Crippen LogP contribution in [0.3, 0.4) is 0 Å². The number of aromatic nitrogens is 1. The molecule has 2 fully saturated rings. The number of thiazole rings is 1. The van der Waals surface area contributed by atoms with Gasteiger partial charge in [0.1, 0.15) is 0 Å². The molecule has 1 saturated carbocycles. The quantitative estimate of drug-likeness (QED) is 0.706. The Balaban J connectivity index is 1.36. The fourth-order valence-electron chi connectivity index (χ4n) is 4.06. The van der Waals surface area contributed by atoms with Crippen molar-refractivity contribution in [3.05, 3.63) is 35.8 Å². The molecule has 0 radical (unpaired) electrons. The Kier molecular flexibility index (Phi) is 6.05. The van der Waals surface area contributed by atoms with Crippen molar-refractivity contribution in [3.8, 4) is 0 Å². The van der Waals surface area contributed by atoms with Crippen molar-refractivity contribution >= 4 is 44.0 Å². The van der Waals surface area contributed by atoms with E-state index in [9.17, 15) is 18.0 Å². The SMILES string of the molecule is O=C(Nc1ccc(S(=O)(=O)Nc2nccs2)cc1)C1CC(=O)N(C2CCCCC2)C1. The predicted molar refractivity (Wildman–Crippen MR) is 115 cm³/mol. The summed E-state index contributed by atoms with van der Waals surface area (Å²) in [5.74, 6) is -0.538. The largest absolute Gasteiger partial charge is 0.339 e. The van der Waals surface area contributed by atoms with Crippen LogP contribution in [0.1, 0.15) is 38.5 Å². The van der Waals surface area contributed by atoms with Gasteiger partial charge >= 0.3 is 0 Å². The molecule has 0 bridgehead atoms. The summed E-state index contributed by atoms with van der Waals surface area (Å²) < 4.78 is 27.2. The van der Waals surface area contributed by atoms with Gasteiger partial charge in [-0.25, -0.2) is 13.4 Å². The number of likely N-dealkylation sites (tertiary alicyclic amines) is 1. The van der Waals surface area contributed by atoms with Crippen molar-refractivity contribution in [2.75, 3.05) is 16.6 Å². The van der Waals surface area contributed by atoms with Crippen molar-refractivity contribution in [2.24, 2.45) is 5.92 Å². The van der Waals surface area contributed by atoms with Crippen LogP contribution < -0.4 is 10.0 Å². The molecule has 1 atom stereocenters. The Morgan fingerprint density at radius 1 is 1.13 bits per heavy atom. The number of hydrogen-bond acceptors (Lipinski definition) is 6. The van der Waals surface area contributed by atoms with Gasteiger partial charge in [-0.1, -0.05) is 19.3 Å². The molecule has 2 heterocycles. The van der Waals surface area contributed by atoms with Crippen LogP contribution in [-0.2, 0) is 19.6 Å². The third kappa shape index (κ3) is 4.65. The Hall–Kier alpha value is -2.46. The minimum Gasteiger partial charge on any atom is -0.339 e. The van der Waals surface area contributed by atoms with Gasteiger partial charge in [-0.3, -0.25) is 14.3 Å². The van der Waals surface area contributed by atoms with E-state index in [4.69, 9.17) is 0 Å². The summed E-state index contributed by atoms with van der Waals surface area (Å²) in [5.41, 5.74) is 0.497. The summed E-state index contributed by atoms with van der Waals surface area (Å²) in [7, 11) is -3.74. The van der Waals surface area contributed by atoms with E-state index < -0.39 is 10.0 Å². The number of rotatable bonds is 6. The first-order valence-electron chi connectivity index (χ1n) is 10.0. The molecular formula is C20H24N4O4S2. The molecule has 8 nitrogen and oxygen atoms in total. The molecule has 30 heavy (non-hydrogen) atoms. The van der Waals surface area contributed by atoms with Crippen molar-refractivity contribution < 1.29 is 18.0 Å². The number of amides is 2. The van der Waals surface area contributed by atoms with E-state index in [0.717, 1.165) is 25.7 Å². The fourth-order valence-corrected chi connectivity index (χ4v) is 5.85. The number of carbonyl (C=O) groups is 2. The van der Waals surface area contributed by atoms with Gasteiger partial charge in [0.05, 0.1) is 10.8 Å². The van der Waals surface area contributed by atoms with Gasteiger partial charge in [0.2, 0.25) is 11.8 Å². The molecule has 2 amide bonds. The lowest BCUT2D eigenvalue weighted by Gasteiger charge is -2.31. The molecule has 2 N–H and O–H groups in total. The molecule has 2 aliphatic rings. The standard InChI is InChI=1S/C20H24N4O4S2/c25-18-12-14(13-24(18)16-4-2-1-3-5-16)19(26)22-15-6-8-17(9-7-15)30(27,28)23-20-21-10-11-29-20/h6-11,14,16H,1-5,12-13H2,(H,21,23)(H,22,26). The van der Waals surface area contributed by atoms with Crippen molar-refractivity contribution in [1.29, 1.82) is 0 Å². The summed E-state index contributed by atoms with van der Waals surface area (Å²) in [4.78, 5) is 30.9. The van der Waals surface area contributed by atoms with E-state index >= 15 is 0 Å². The summed E-state index contributed by atoms with van der Waals surface area (Å²) in [6, 6.07) is 6.21. The number of carbonyl (C=O) groups excluding carboxylic acids is 2. The van der Waals surface area contributed by atoms with Crippen LogP contribution in [0.25, 0.3) is 0 Å². The maximum absolute atomic E-state index is 12.7. The number of benzene rings is 1. The van der Waals surface area contributed by atoms with E-state index in [0.29, 0.717) is 17.4 Å². The molecule has 1 aromatic carbocycles. The van der Waals surface area contributed by atoms with Gasteiger partial charge in [0, 0.05) is 36.3 Å². The average Bonchev–Trinajstić information content (AvgIpc) is 3.38. The number of anilines is 2. The molecular weight excluding hydrogens is 424 g/mol. The molecule has 1 saturated heterocycles. The van der Waals surface area contributed by atoms with Crippen LogP contribution in [0.5, 0.6) is 0 Å². The van der Waals surface area contributed by atoms with Crippen LogP contribution in [0.15, 0.2) is 40.7 Å². The Morgan fingerprint density at radius 3 is 2.53 bits per heavy atom. The normalized spacial score (nSPS) is 20.3. The van der Waals surface area contributed by atoms with Crippen molar-refractivity contribution in [3.63, 3.8) is 0 Å². The van der Waals surface area contributed by atoms with Gasteiger partial charge in [0.25, 0.3) is 10.0 Å². The van der Waals surface area contributed by atoms with Gasteiger partial charge in [-0.2, -0.15) is 0 Å². The van der Waals surface area contributed by atoms with E-state index in [-0.39, 0.29) is 35.1 Å². The highest BCUT2D eigenvalue weighted by molar-refractivity contribution is 7.93. The molecule has 10 heteroatoms. The molecule has 2 aromatic rings. The van der Waals surface area contributed by atoms with Gasteiger partial charge in [-0.05, 0) is 37.1 Å². The minimum atomic E-state index is -3.74. The highest BCUT2D eigenvalue weighted by atomic mass is 32.2. The summed E-state index contributed by atoms with van der Waals surface area (Å²) in [6.07, 6.45) is 7.27. The first kappa shape index (κ1) is 20.8. The second-order valence-corrected chi connectivity index (χ2v) is 10.3. The zero-order valence-corrected chi connectivity index (χ0v) is 18.0. The molecule has 1 aliphatic carbocycles. The van der Waals surface area contributed by atoms with E-state index in [1.54, 1.807) is 17.5 Å². The number of nitrogens with one attached hydrogen (secondary N) is 2. The lowest BCUT2D eigenvalue weighted by atomic mass is 9.94. The number of hydrogen-bond donors (Lipinski definition) is 2. The second-order valence-electron chi connectivity index (χ2n) is 7.70. The molecule has 0 spiro atoms. The fraction of sp³-hybridized carbons (Fsp3) is 0.450. The van der Waals surface area contributed by atoms with Crippen molar-refractivity contribution in [1.82, 2.24) is 9.88 Å². The Morgan fingerprint density at radius 2 is 1.87 bits per heavy atom. The Labute approximate surface area is 179 Å². The third-order valence-electron chi connectivity index (χ3n) is 5.63. The van der Waals surface area contributed by atoms with Crippen LogP contribution in [0, 0.1) is 5.92 Å². The lowest BCUT2D eigenvalue weighted by Crippen LogP contribution is -2.38. The molecule has 4 rings (SSSR count). The molecule has 160 valence electrons. The molecule has 1 unspecified atom stereocenters. The molecule has 1 aromatic heterocycles. The zero-order chi connectivity index (χ0) is 21.1. The second kappa shape index (κ2) is 8.73. The zero-order valence-electron chi connectivity index (χ0n) is 16.4. The smallest absolute Gasteiger partial charge is 0.263 e. The summed E-state index contributed by atoms with van der Waals surface area (Å²) >= 11 is 1.19. The van der Waals surface area contributed by atoms with Crippen LogP contribution in [0.2, 0.25) is 0 Å². The third-order valence-corrected chi connectivity index (χ3v) is 7.80. The maximum atomic E-state index is 12.7. The summed E-state index contributed by atoms with van der Waals surface area (Å²) in [5, 5.41) is 4.78. The van der Waals surface area contributed by atoms with E-state index in [1.807, 2.05) is 4.90 Å². The van der Waals surface area contributed by atoms with Crippen LogP contribution in [0.4, 0.5) is 10.8 Å². The Bertz CT molecular complexity index is 1000. The van der Waals surface area contributed by atoms with Gasteiger partial charge in [0.15, 0.2) is 5.13 Å². The van der Waals surface area contributed by atoms with E-state index in [2.05, 4.69) is 15.0 Å². The minimum absolute atomic E-state index is 0.0525. The van der Waals surface area contributed by atoms with E-state index in [1.165, 1.54) is 36.1 Å². The molecule has 1 aliphatic heterocycles. The number of nitrogens with zero attached hydrogens (tertiary/aromatic N) is 2. The monoisotopic (exact) mass is 448 g/mol. The maximum Gasteiger partial charge on any atom is 0.263 e. The lowest BCUT2D eigenvalue weighted by molar-refractivity contribution is -0.130. The van der Waals surface area contributed by atoms with Gasteiger partial charge < -0.3 is 10.2 Å². The van der Waals surface area contributed by atoms with Crippen LogP contribution >= 0.6 is 11.3 Å². The van der Waals surface area contributed by atoms with Gasteiger partial charge in [-0.15, -0.1) is 11.3 Å². The highest BCUT2D eigenvalue weighted by Crippen LogP contribution is 2.29. The number of sulfonamides is 1. The highest BCUT2D eigenvalue weighted by Gasteiger charge is 2.38. The topological polar surface area (TPSA) is 108 Å². The average molecular weight is 449 g/mol. The first-order valence-corrected chi connectivity index (χ1v) is 12.4. The predicted octanol–water partition coefficient (Wildman–Crippen LogP) is 3.06. The first-order chi connectivity index (χ1) is 14.4. The van der Waals surface area contributed by atoms with Crippen LogP contribution in [-0.4, -0.2) is 42.7 Å². The summed E-state index contributed by atoms with van der Waals surface area (Å²) in [6.45, 7) is 0.458. The van der Waals surface area contributed by atoms with Crippen molar-refractivity contribution in [2.45, 2.75) is 49.5 Å².